The monoisotopic (exact) mass is 516 g/mol. The maximum Gasteiger partial charge on any atom is 0.407 e. The second kappa shape index (κ2) is 10.7. The quantitative estimate of drug-likeness (QED) is 0.295. The maximum atomic E-state index is 12.6. The Morgan fingerprint density at radius 1 is 1.05 bits per heavy atom. The van der Waals surface area contributed by atoms with Crippen molar-refractivity contribution < 1.29 is 14.3 Å². The Labute approximate surface area is 221 Å². The van der Waals surface area contributed by atoms with Gasteiger partial charge in [-0.25, -0.2) is 9.78 Å². The summed E-state index contributed by atoms with van der Waals surface area (Å²) >= 11 is 1.37. The average molecular weight is 517 g/mol. The van der Waals surface area contributed by atoms with Crippen molar-refractivity contribution >= 4 is 34.2 Å². The summed E-state index contributed by atoms with van der Waals surface area (Å²) in [6.45, 7) is 9.98. The highest BCUT2D eigenvalue weighted by molar-refractivity contribution is 7.13. The van der Waals surface area contributed by atoms with Crippen LogP contribution in [0.3, 0.4) is 0 Å². The van der Waals surface area contributed by atoms with Crippen molar-refractivity contribution in [2.45, 2.75) is 59.6 Å². The first-order valence-corrected chi connectivity index (χ1v) is 13.2. The molecule has 4 aromatic rings. The molecule has 0 fully saturated rings. The van der Waals surface area contributed by atoms with Gasteiger partial charge in [0, 0.05) is 34.1 Å². The second-order valence-electron chi connectivity index (χ2n) is 10.0. The molecule has 192 valence electrons. The molecule has 37 heavy (non-hydrogen) atoms. The van der Waals surface area contributed by atoms with Gasteiger partial charge >= 0.3 is 6.09 Å². The molecule has 0 unspecified atom stereocenters. The van der Waals surface area contributed by atoms with Crippen LogP contribution < -0.4 is 11.1 Å². The highest BCUT2D eigenvalue weighted by Gasteiger charge is 2.21. The van der Waals surface area contributed by atoms with E-state index in [2.05, 4.69) is 48.4 Å². The molecule has 4 rings (SSSR count). The van der Waals surface area contributed by atoms with Crippen LogP contribution in [0.5, 0.6) is 0 Å². The van der Waals surface area contributed by atoms with Crippen LogP contribution in [0.4, 0.5) is 4.79 Å². The SMILES string of the molecule is CCCc1nc2ccc(-c3nc(C(N)=O)cs3)cc2c(-c2ccc(C)cc2)c1CNC(=O)OC(C)(C)C. The van der Waals surface area contributed by atoms with E-state index in [9.17, 15) is 9.59 Å². The molecule has 8 heteroatoms. The number of amides is 2. The van der Waals surface area contributed by atoms with E-state index in [1.54, 1.807) is 5.38 Å². The molecule has 0 atom stereocenters. The molecule has 0 aliphatic heterocycles. The number of alkyl carbamates (subject to hydrolysis) is 1. The van der Waals surface area contributed by atoms with Crippen LogP contribution in [-0.4, -0.2) is 27.6 Å². The average Bonchev–Trinajstić information content (AvgIpc) is 3.33. The molecule has 3 N–H and O–H groups in total. The number of carbonyl (C=O) groups is 2. The van der Waals surface area contributed by atoms with Gasteiger partial charge < -0.3 is 15.8 Å². The van der Waals surface area contributed by atoms with Gasteiger partial charge in [0.05, 0.1) is 5.52 Å². The third kappa shape index (κ3) is 6.14. The Bertz CT molecular complexity index is 1450. The fourth-order valence-electron chi connectivity index (χ4n) is 4.16. The summed E-state index contributed by atoms with van der Waals surface area (Å²) in [7, 11) is 0. The number of aromatic nitrogens is 2. The van der Waals surface area contributed by atoms with Crippen LogP contribution >= 0.6 is 11.3 Å². The van der Waals surface area contributed by atoms with Gasteiger partial charge in [-0.15, -0.1) is 11.3 Å². The zero-order chi connectivity index (χ0) is 26.7. The largest absolute Gasteiger partial charge is 0.444 e. The molecular formula is C29H32N4O3S. The van der Waals surface area contributed by atoms with Crippen molar-refractivity contribution in [1.29, 1.82) is 0 Å². The standard InChI is InChI=1S/C29H32N4O3S/c1-6-7-22-21(15-31-28(35)36-29(3,4)5)25(18-10-8-17(2)9-11-18)20-14-19(12-13-23(20)32-22)27-33-24(16-37-27)26(30)34/h8-14,16H,6-7,15H2,1-5H3,(H2,30,34)(H,31,35). The second-order valence-corrected chi connectivity index (χ2v) is 10.9. The first-order valence-electron chi connectivity index (χ1n) is 12.3. The Kier molecular flexibility index (Phi) is 7.59. The van der Waals surface area contributed by atoms with E-state index in [4.69, 9.17) is 15.5 Å². The van der Waals surface area contributed by atoms with Gasteiger partial charge in [0.2, 0.25) is 0 Å². The molecule has 0 saturated carbocycles. The lowest BCUT2D eigenvalue weighted by atomic mass is 9.91. The van der Waals surface area contributed by atoms with Crippen molar-refractivity contribution in [3.05, 3.63) is 70.4 Å². The van der Waals surface area contributed by atoms with E-state index < -0.39 is 17.6 Å². The van der Waals surface area contributed by atoms with Crippen molar-refractivity contribution in [2.24, 2.45) is 5.73 Å². The van der Waals surface area contributed by atoms with Crippen LogP contribution in [0, 0.1) is 6.92 Å². The first-order chi connectivity index (χ1) is 17.6. The molecule has 0 spiro atoms. The normalized spacial score (nSPS) is 11.5. The highest BCUT2D eigenvalue weighted by Crippen LogP contribution is 2.37. The van der Waals surface area contributed by atoms with E-state index >= 15 is 0 Å². The minimum Gasteiger partial charge on any atom is -0.444 e. The molecule has 2 heterocycles. The number of pyridine rings is 1. The number of nitrogens with two attached hydrogens (primary N) is 1. The Morgan fingerprint density at radius 2 is 1.76 bits per heavy atom. The van der Waals surface area contributed by atoms with Gasteiger partial charge in [-0.2, -0.15) is 0 Å². The summed E-state index contributed by atoms with van der Waals surface area (Å²) in [5, 5.41) is 6.26. The minimum absolute atomic E-state index is 0.248. The van der Waals surface area contributed by atoms with Gasteiger partial charge in [-0.1, -0.05) is 43.2 Å². The van der Waals surface area contributed by atoms with E-state index in [-0.39, 0.29) is 12.2 Å². The molecule has 0 saturated heterocycles. The fourth-order valence-corrected chi connectivity index (χ4v) is 4.97. The molecule has 0 radical (unpaired) electrons. The number of hydrogen-bond donors (Lipinski definition) is 2. The number of carbonyl (C=O) groups excluding carboxylic acids is 2. The zero-order valence-corrected chi connectivity index (χ0v) is 22.7. The van der Waals surface area contributed by atoms with Crippen LogP contribution in [0.15, 0.2) is 47.8 Å². The zero-order valence-electron chi connectivity index (χ0n) is 21.8. The summed E-state index contributed by atoms with van der Waals surface area (Å²) in [6.07, 6.45) is 1.22. The van der Waals surface area contributed by atoms with Gasteiger partial charge in [0.1, 0.15) is 16.3 Å². The number of aryl methyl sites for hydroxylation is 2. The van der Waals surface area contributed by atoms with E-state index in [1.807, 2.05) is 39.0 Å². The van der Waals surface area contributed by atoms with Gasteiger partial charge in [-0.3, -0.25) is 9.78 Å². The summed E-state index contributed by atoms with van der Waals surface area (Å²) in [5.41, 5.74) is 11.9. The number of rotatable bonds is 7. The first kappa shape index (κ1) is 26.3. The molecule has 7 nitrogen and oxygen atoms in total. The molecule has 2 aromatic carbocycles. The number of primary amides is 1. The molecular weight excluding hydrogens is 484 g/mol. The summed E-state index contributed by atoms with van der Waals surface area (Å²) in [4.78, 5) is 33.6. The molecule has 0 aliphatic carbocycles. The lowest BCUT2D eigenvalue weighted by Crippen LogP contribution is -2.32. The van der Waals surface area contributed by atoms with Gasteiger partial charge in [-0.05, 0) is 63.4 Å². The topological polar surface area (TPSA) is 107 Å². The minimum atomic E-state index is -0.593. The Hall–Kier alpha value is -3.78. The number of benzene rings is 2. The fraction of sp³-hybridized carbons (Fsp3) is 0.310. The Morgan fingerprint density at radius 3 is 2.38 bits per heavy atom. The number of thiazole rings is 1. The number of nitrogens with one attached hydrogen (secondary N) is 1. The van der Waals surface area contributed by atoms with Crippen molar-refractivity contribution in [2.75, 3.05) is 0 Å². The van der Waals surface area contributed by atoms with Crippen LogP contribution in [0.25, 0.3) is 32.6 Å². The third-order valence-electron chi connectivity index (χ3n) is 5.81. The third-order valence-corrected chi connectivity index (χ3v) is 6.70. The predicted molar refractivity (Wildman–Crippen MR) is 149 cm³/mol. The van der Waals surface area contributed by atoms with Crippen molar-refractivity contribution in [3.8, 4) is 21.7 Å². The maximum absolute atomic E-state index is 12.6. The summed E-state index contributed by atoms with van der Waals surface area (Å²) in [6, 6.07) is 14.3. The van der Waals surface area contributed by atoms with Gasteiger partial charge in [0.25, 0.3) is 5.91 Å². The van der Waals surface area contributed by atoms with E-state index in [0.717, 1.165) is 57.3 Å². The highest BCUT2D eigenvalue weighted by atomic mass is 32.1. The van der Waals surface area contributed by atoms with Crippen molar-refractivity contribution in [3.63, 3.8) is 0 Å². The molecule has 0 bridgehead atoms. The van der Waals surface area contributed by atoms with Crippen molar-refractivity contribution in [1.82, 2.24) is 15.3 Å². The van der Waals surface area contributed by atoms with Crippen LogP contribution in [0.1, 0.15) is 61.4 Å². The molecule has 0 aliphatic rings. The molecule has 2 aromatic heterocycles. The summed E-state index contributed by atoms with van der Waals surface area (Å²) < 4.78 is 5.49. The number of ether oxygens (including phenoxy) is 1. The predicted octanol–water partition coefficient (Wildman–Crippen LogP) is 6.41. The van der Waals surface area contributed by atoms with Crippen LogP contribution in [0.2, 0.25) is 0 Å². The van der Waals surface area contributed by atoms with Gasteiger partial charge in [0.15, 0.2) is 0 Å². The lowest BCUT2D eigenvalue weighted by Gasteiger charge is -2.22. The Balaban J connectivity index is 1.90. The smallest absolute Gasteiger partial charge is 0.407 e. The summed E-state index contributed by atoms with van der Waals surface area (Å²) in [5.74, 6) is -0.551. The lowest BCUT2D eigenvalue weighted by molar-refractivity contribution is 0.0523. The number of nitrogens with zero attached hydrogens (tertiary/aromatic N) is 2. The number of hydrogen-bond acceptors (Lipinski definition) is 6. The van der Waals surface area contributed by atoms with E-state index in [0.29, 0.717) is 5.01 Å². The number of fused-ring (bicyclic) bond motifs is 1. The molecule has 2 amide bonds. The van der Waals surface area contributed by atoms with E-state index in [1.165, 1.54) is 11.3 Å². The van der Waals surface area contributed by atoms with Crippen LogP contribution in [-0.2, 0) is 17.7 Å².